The fourth-order valence-electron chi connectivity index (χ4n) is 1.93. The van der Waals surface area contributed by atoms with Gasteiger partial charge in [0.15, 0.2) is 0 Å². The highest BCUT2D eigenvalue weighted by Gasteiger charge is 2.31. The summed E-state index contributed by atoms with van der Waals surface area (Å²) < 4.78 is 0.596. The molecular weight excluding hydrogens is 300 g/mol. The first kappa shape index (κ1) is 15.8. The second-order valence-electron chi connectivity index (χ2n) is 5.21. The summed E-state index contributed by atoms with van der Waals surface area (Å²) >= 11 is 6.61. The number of rotatable bonds is 4. The quantitative estimate of drug-likeness (QED) is 0.481. The minimum Gasteiger partial charge on any atom is -0.378 e. The van der Waals surface area contributed by atoms with Crippen LogP contribution in [0, 0.1) is 0 Å². The Morgan fingerprint density at radius 1 is 1.38 bits per heavy atom. The van der Waals surface area contributed by atoms with Gasteiger partial charge in [-0.3, -0.25) is 9.69 Å². The molecule has 0 aromatic heterocycles. The van der Waals surface area contributed by atoms with E-state index in [1.54, 1.807) is 4.90 Å². The van der Waals surface area contributed by atoms with Crippen molar-refractivity contribution < 1.29 is 4.79 Å². The van der Waals surface area contributed by atoms with Gasteiger partial charge >= 0.3 is 0 Å². The van der Waals surface area contributed by atoms with Crippen molar-refractivity contribution >= 4 is 46.0 Å². The summed E-state index contributed by atoms with van der Waals surface area (Å²) in [6.07, 6.45) is 1.89. The first-order valence-corrected chi connectivity index (χ1v) is 7.78. The number of hydrogen-bond acceptors (Lipinski definition) is 4. The Labute approximate surface area is 135 Å². The first-order valence-electron chi connectivity index (χ1n) is 6.55. The number of carbonyl (C=O) groups is 1. The van der Waals surface area contributed by atoms with Crippen LogP contribution < -0.4 is 4.90 Å². The van der Waals surface area contributed by atoms with Crippen molar-refractivity contribution in [3.63, 3.8) is 0 Å². The molecule has 1 heterocycles. The highest BCUT2D eigenvalue weighted by molar-refractivity contribution is 8.26. The summed E-state index contributed by atoms with van der Waals surface area (Å²) in [6, 6.07) is 8.06. The summed E-state index contributed by atoms with van der Waals surface area (Å²) in [4.78, 5) is 16.6. The number of benzene rings is 1. The smallest absolute Gasteiger partial charge is 0.266 e. The molecular formula is C16H18N2OS2. The van der Waals surface area contributed by atoms with Crippen LogP contribution in [0.1, 0.15) is 12.5 Å². The lowest BCUT2D eigenvalue weighted by Gasteiger charge is -2.13. The van der Waals surface area contributed by atoms with Gasteiger partial charge < -0.3 is 4.90 Å². The minimum absolute atomic E-state index is 0.0373. The number of thioether (sulfide) groups is 1. The van der Waals surface area contributed by atoms with Crippen molar-refractivity contribution in [2.45, 2.75) is 6.92 Å². The summed E-state index contributed by atoms with van der Waals surface area (Å²) in [6.45, 7) is 6.21. The molecule has 3 nitrogen and oxygen atoms in total. The van der Waals surface area contributed by atoms with Crippen LogP contribution in [0.4, 0.5) is 5.69 Å². The molecule has 1 aliphatic heterocycles. The third-order valence-electron chi connectivity index (χ3n) is 3.01. The van der Waals surface area contributed by atoms with E-state index in [-0.39, 0.29) is 5.91 Å². The zero-order chi connectivity index (χ0) is 15.6. The number of anilines is 1. The van der Waals surface area contributed by atoms with Gasteiger partial charge in [-0.15, -0.1) is 0 Å². The third kappa shape index (κ3) is 3.74. The molecule has 0 N–H and O–H groups in total. The van der Waals surface area contributed by atoms with Gasteiger partial charge in [0.2, 0.25) is 0 Å². The summed E-state index contributed by atoms with van der Waals surface area (Å²) in [5, 5.41) is 0. The number of thiocarbonyl (C=S) groups is 1. The second-order valence-corrected chi connectivity index (χ2v) is 6.89. The molecule has 1 amide bonds. The van der Waals surface area contributed by atoms with Crippen LogP contribution >= 0.6 is 24.0 Å². The standard InChI is InChI=1S/C16H18N2OS2/c1-11(2)10-18-15(19)14(21-16(18)20)9-12-5-7-13(8-6-12)17(3)4/h5-9H,1,10H2,2-4H3/b14-9+. The van der Waals surface area contributed by atoms with Gasteiger partial charge in [0.25, 0.3) is 5.91 Å². The van der Waals surface area contributed by atoms with Crippen molar-refractivity contribution in [3.05, 3.63) is 46.9 Å². The Balaban J connectivity index is 2.20. The van der Waals surface area contributed by atoms with E-state index in [0.29, 0.717) is 15.8 Å². The van der Waals surface area contributed by atoms with E-state index in [0.717, 1.165) is 16.8 Å². The van der Waals surface area contributed by atoms with Crippen molar-refractivity contribution in [2.75, 3.05) is 25.5 Å². The molecule has 0 unspecified atom stereocenters. The molecule has 21 heavy (non-hydrogen) atoms. The topological polar surface area (TPSA) is 23.6 Å². The van der Waals surface area contributed by atoms with Gasteiger partial charge in [0.1, 0.15) is 4.32 Å². The SMILES string of the molecule is C=C(C)CN1C(=O)/C(=C\c2ccc(N(C)C)cc2)SC1=S. The second kappa shape index (κ2) is 6.45. The van der Waals surface area contributed by atoms with Crippen molar-refractivity contribution in [2.24, 2.45) is 0 Å². The van der Waals surface area contributed by atoms with E-state index < -0.39 is 0 Å². The zero-order valence-corrected chi connectivity index (χ0v) is 14.1. The normalized spacial score (nSPS) is 16.7. The summed E-state index contributed by atoms with van der Waals surface area (Å²) in [5.74, 6) is -0.0373. The Morgan fingerprint density at radius 2 is 2.00 bits per heavy atom. The molecule has 0 bridgehead atoms. The van der Waals surface area contributed by atoms with Gasteiger partial charge in [0.05, 0.1) is 4.91 Å². The molecule has 1 aromatic rings. The van der Waals surface area contributed by atoms with Gasteiger partial charge in [-0.05, 0) is 30.7 Å². The minimum atomic E-state index is -0.0373. The molecule has 110 valence electrons. The van der Waals surface area contributed by atoms with Gasteiger partial charge in [-0.1, -0.05) is 48.3 Å². The number of nitrogens with zero attached hydrogens (tertiary/aromatic N) is 2. The van der Waals surface area contributed by atoms with Crippen molar-refractivity contribution in [1.29, 1.82) is 0 Å². The van der Waals surface area contributed by atoms with E-state index in [1.165, 1.54) is 11.8 Å². The average molecular weight is 318 g/mol. The van der Waals surface area contributed by atoms with Crippen LogP contribution in [0.5, 0.6) is 0 Å². The van der Waals surface area contributed by atoms with Crippen LogP contribution in [-0.2, 0) is 4.79 Å². The maximum atomic E-state index is 12.3. The molecule has 1 aromatic carbocycles. The first-order chi connectivity index (χ1) is 9.88. The van der Waals surface area contributed by atoms with E-state index in [4.69, 9.17) is 12.2 Å². The molecule has 5 heteroatoms. The number of carbonyl (C=O) groups excluding carboxylic acids is 1. The van der Waals surface area contributed by atoms with Gasteiger partial charge in [-0.2, -0.15) is 0 Å². The highest BCUT2D eigenvalue weighted by atomic mass is 32.2. The lowest BCUT2D eigenvalue weighted by Crippen LogP contribution is -2.29. The van der Waals surface area contributed by atoms with E-state index in [9.17, 15) is 4.79 Å². The fraction of sp³-hybridized carbons (Fsp3) is 0.250. The molecule has 2 rings (SSSR count). The Kier molecular flexibility index (Phi) is 4.85. The largest absolute Gasteiger partial charge is 0.378 e. The molecule has 0 saturated carbocycles. The van der Waals surface area contributed by atoms with Crippen LogP contribution in [0.15, 0.2) is 41.3 Å². The predicted octanol–water partition coefficient (Wildman–Crippen LogP) is 3.53. The van der Waals surface area contributed by atoms with Crippen LogP contribution in [-0.4, -0.2) is 35.8 Å². The van der Waals surface area contributed by atoms with Crippen molar-refractivity contribution in [1.82, 2.24) is 4.90 Å². The van der Waals surface area contributed by atoms with Crippen LogP contribution in [0.25, 0.3) is 6.08 Å². The Hall–Kier alpha value is -1.59. The van der Waals surface area contributed by atoms with Gasteiger partial charge in [0, 0.05) is 26.3 Å². The number of amides is 1. The number of hydrogen-bond donors (Lipinski definition) is 0. The lowest BCUT2D eigenvalue weighted by molar-refractivity contribution is -0.121. The van der Waals surface area contributed by atoms with Crippen molar-refractivity contribution in [3.8, 4) is 0 Å². The third-order valence-corrected chi connectivity index (χ3v) is 4.39. The lowest BCUT2D eigenvalue weighted by atomic mass is 10.2. The van der Waals surface area contributed by atoms with Crippen LogP contribution in [0.2, 0.25) is 0 Å². The predicted molar refractivity (Wildman–Crippen MR) is 95.5 cm³/mol. The van der Waals surface area contributed by atoms with Gasteiger partial charge in [-0.25, -0.2) is 0 Å². The highest BCUT2D eigenvalue weighted by Crippen LogP contribution is 2.33. The Bertz CT molecular complexity index is 618. The average Bonchev–Trinajstić information content (AvgIpc) is 2.67. The molecule has 1 saturated heterocycles. The summed E-state index contributed by atoms with van der Waals surface area (Å²) in [5.41, 5.74) is 3.04. The van der Waals surface area contributed by atoms with E-state index in [2.05, 4.69) is 6.58 Å². The molecule has 1 aliphatic rings. The Morgan fingerprint density at radius 3 is 2.52 bits per heavy atom. The molecule has 1 fully saturated rings. The van der Waals surface area contributed by atoms with Crippen LogP contribution in [0.3, 0.4) is 0 Å². The molecule has 0 aliphatic carbocycles. The molecule has 0 atom stereocenters. The molecule has 0 radical (unpaired) electrons. The monoisotopic (exact) mass is 318 g/mol. The maximum Gasteiger partial charge on any atom is 0.266 e. The zero-order valence-electron chi connectivity index (χ0n) is 12.4. The van der Waals surface area contributed by atoms with E-state index in [1.807, 2.05) is 56.3 Å². The summed E-state index contributed by atoms with van der Waals surface area (Å²) in [7, 11) is 4.00. The molecule has 0 spiro atoms. The van der Waals surface area contributed by atoms with E-state index >= 15 is 0 Å². The maximum absolute atomic E-state index is 12.3. The fourth-order valence-corrected chi connectivity index (χ4v) is 3.18.